The van der Waals surface area contributed by atoms with Crippen molar-refractivity contribution >= 4 is 44.9 Å². The lowest BCUT2D eigenvalue weighted by Gasteiger charge is -2.40. The summed E-state index contributed by atoms with van der Waals surface area (Å²) in [6.07, 6.45) is 11.0. The number of urea groups is 1. The lowest BCUT2D eigenvalue weighted by atomic mass is 9.97. The number of rotatable bonds is 4. The summed E-state index contributed by atoms with van der Waals surface area (Å²) in [5.41, 5.74) is 6.35. The third kappa shape index (κ3) is 4.60. The van der Waals surface area contributed by atoms with Gasteiger partial charge in [0.05, 0.1) is 21.8 Å². The summed E-state index contributed by atoms with van der Waals surface area (Å²) in [5, 5.41) is 7.10. The van der Waals surface area contributed by atoms with Gasteiger partial charge in [0.2, 0.25) is 0 Å². The van der Waals surface area contributed by atoms with E-state index in [0.717, 1.165) is 84.7 Å². The van der Waals surface area contributed by atoms with Crippen LogP contribution in [0.25, 0.3) is 10.2 Å². The van der Waals surface area contributed by atoms with E-state index in [0.29, 0.717) is 6.54 Å². The number of carbonyl (C=O) groups is 1. The summed E-state index contributed by atoms with van der Waals surface area (Å²) in [4.78, 5) is 33.3. The van der Waals surface area contributed by atoms with Crippen LogP contribution in [0.5, 0.6) is 0 Å². The van der Waals surface area contributed by atoms with Crippen LogP contribution in [-0.4, -0.2) is 87.0 Å². The number of benzene rings is 1. The van der Waals surface area contributed by atoms with E-state index in [1.165, 1.54) is 31.3 Å². The summed E-state index contributed by atoms with van der Waals surface area (Å²) >= 11 is 1.64. The molecule has 3 aliphatic heterocycles. The molecule has 1 aliphatic carbocycles. The molecule has 2 aromatic heterocycles. The number of piperazine rings is 1. The average Bonchev–Trinajstić information content (AvgIpc) is 3.74. The van der Waals surface area contributed by atoms with Gasteiger partial charge in [-0.1, -0.05) is 18.9 Å². The van der Waals surface area contributed by atoms with Crippen LogP contribution >= 0.6 is 11.3 Å². The highest BCUT2D eigenvalue weighted by atomic mass is 32.1. The molecule has 198 valence electrons. The molecule has 0 radical (unpaired) electrons. The summed E-state index contributed by atoms with van der Waals surface area (Å²) in [5.74, 6) is 1.74. The third-order valence-electron chi connectivity index (χ3n) is 8.65. The normalized spacial score (nSPS) is 22.4. The molecule has 38 heavy (non-hydrogen) atoms. The first kappa shape index (κ1) is 23.8. The first-order valence-corrected chi connectivity index (χ1v) is 14.8. The van der Waals surface area contributed by atoms with E-state index < -0.39 is 0 Å². The van der Waals surface area contributed by atoms with Crippen LogP contribution < -0.4 is 10.6 Å². The van der Waals surface area contributed by atoms with E-state index >= 15 is 0 Å². The molecule has 9 nitrogen and oxygen atoms in total. The number of amides is 2. The molecule has 1 aromatic carbocycles. The highest BCUT2D eigenvalue weighted by Crippen LogP contribution is 2.35. The molecule has 1 unspecified atom stereocenters. The fourth-order valence-corrected chi connectivity index (χ4v) is 7.19. The van der Waals surface area contributed by atoms with Crippen molar-refractivity contribution in [3.05, 3.63) is 47.2 Å². The molecule has 4 aliphatic rings. The second-order valence-corrected chi connectivity index (χ2v) is 11.7. The summed E-state index contributed by atoms with van der Waals surface area (Å²) in [6.45, 7) is 5.19. The predicted molar refractivity (Wildman–Crippen MR) is 151 cm³/mol. The van der Waals surface area contributed by atoms with Crippen LogP contribution in [0, 0.1) is 0 Å². The minimum atomic E-state index is 0.193. The predicted octanol–water partition coefficient (Wildman–Crippen LogP) is 4.48. The van der Waals surface area contributed by atoms with Crippen molar-refractivity contribution in [3.8, 4) is 0 Å². The number of nitrogens with one attached hydrogen (secondary N) is 2. The molecular formula is C28H34N8OS. The van der Waals surface area contributed by atoms with Crippen molar-refractivity contribution in [3.63, 3.8) is 0 Å². The Balaban J connectivity index is 0.966. The van der Waals surface area contributed by atoms with Crippen molar-refractivity contribution in [2.45, 2.75) is 50.6 Å². The van der Waals surface area contributed by atoms with Gasteiger partial charge in [-0.05, 0) is 43.0 Å². The Morgan fingerprint density at radius 2 is 1.89 bits per heavy atom. The van der Waals surface area contributed by atoms with Crippen LogP contribution in [0.4, 0.5) is 22.1 Å². The zero-order chi connectivity index (χ0) is 25.5. The number of aromatic nitrogens is 3. The van der Waals surface area contributed by atoms with E-state index in [-0.39, 0.29) is 12.1 Å². The van der Waals surface area contributed by atoms with Crippen LogP contribution in [-0.2, 0) is 6.42 Å². The van der Waals surface area contributed by atoms with Gasteiger partial charge in [0.1, 0.15) is 18.0 Å². The van der Waals surface area contributed by atoms with Gasteiger partial charge in [0, 0.05) is 63.0 Å². The second-order valence-electron chi connectivity index (χ2n) is 10.8. The number of carbonyl (C=O) groups excluding carboxylic acids is 1. The lowest BCUT2D eigenvalue weighted by Crippen LogP contribution is -2.55. The fraction of sp³-hybridized carbons (Fsp3) is 0.500. The molecule has 1 saturated carbocycles. The molecule has 5 heterocycles. The van der Waals surface area contributed by atoms with Gasteiger partial charge < -0.3 is 20.4 Å². The summed E-state index contributed by atoms with van der Waals surface area (Å²) < 4.78 is 1.15. The largest absolute Gasteiger partial charge is 0.363 e. The van der Waals surface area contributed by atoms with E-state index in [1.807, 2.05) is 22.5 Å². The molecule has 1 saturated heterocycles. The molecule has 3 aromatic rings. The van der Waals surface area contributed by atoms with Crippen LogP contribution in [0.3, 0.4) is 0 Å². The van der Waals surface area contributed by atoms with Crippen LogP contribution in [0.15, 0.2) is 41.7 Å². The van der Waals surface area contributed by atoms with Crippen LogP contribution in [0.1, 0.15) is 37.7 Å². The van der Waals surface area contributed by atoms with E-state index in [4.69, 9.17) is 0 Å². The van der Waals surface area contributed by atoms with Crippen molar-refractivity contribution in [2.75, 3.05) is 49.9 Å². The minimum Gasteiger partial charge on any atom is -0.363 e. The molecule has 7 rings (SSSR count). The first-order valence-electron chi connectivity index (χ1n) is 13.9. The average molecular weight is 531 g/mol. The zero-order valence-corrected chi connectivity index (χ0v) is 22.4. The number of anilines is 3. The summed E-state index contributed by atoms with van der Waals surface area (Å²) in [7, 11) is 0. The number of hydrogen-bond donors (Lipinski definition) is 2. The molecular weight excluding hydrogens is 496 g/mol. The van der Waals surface area contributed by atoms with Gasteiger partial charge in [0.15, 0.2) is 0 Å². The summed E-state index contributed by atoms with van der Waals surface area (Å²) in [6, 6.07) is 7.33. The number of hydrogen-bond acceptors (Lipinski definition) is 8. The van der Waals surface area contributed by atoms with Gasteiger partial charge in [-0.3, -0.25) is 4.90 Å². The van der Waals surface area contributed by atoms with Crippen LogP contribution in [0.2, 0.25) is 0 Å². The topological polar surface area (TPSA) is 89.5 Å². The molecule has 0 bridgehead atoms. The van der Waals surface area contributed by atoms with Gasteiger partial charge in [-0.2, -0.15) is 0 Å². The Morgan fingerprint density at radius 1 is 1.03 bits per heavy atom. The van der Waals surface area contributed by atoms with E-state index in [2.05, 4.69) is 47.5 Å². The van der Waals surface area contributed by atoms with Crippen molar-refractivity contribution < 1.29 is 4.79 Å². The molecule has 10 heteroatoms. The Kier molecular flexibility index (Phi) is 6.37. The van der Waals surface area contributed by atoms with Gasteiger partial charge >= 0.3 is 6.03 Å². The van der Waals surface area contributed by atoms with Crippen molar-refractivity contribution in [2.24, 2.45) is 0 Å². The van der Waals surface area contributed by atoms with E-state index in [1.54, 1.807) is 17.7 Å². The Labute approximate surface area is 227 Å². The maximum absolute atomic E-state index is 13.2. The highest BCUT2D eigenvalue weighted by molar-refractivity contribution is 7.16. The smallest absolute Gasteiger partial charge is 0.320 e. The Hall–Kier alpha value is -3.24. The van der Waals surface area contributed by atoms with Crippen molar-refractivity contribution in [1.82, 2.24) is 29.7 Å². The minimum absolute atomic E-state index is 0.193. The van der Waals surface area contributed by atoms with Crippen molar-refractivity contribution in [1.29, 1.82) is 0 Å². The number of thiazole rings is 1. The maximum atomic E-state index is 13.2. The Bertz CT molecular complexity index is 1360. The van der Waals surface area contributed by atoms with Gasteiger partial charge in [-0.25, -0.2) is 19.7 Å². The number of nitrogens with zero attached hydrogens (tertiary/aromatic N) is 6. The lowest BCUT2D eigenvalue weighted by molar-refractivity contribution is 0.0931. The van der Waals surface area contributed by atoms with Gasteiger partial charge in [-0.15, -0.1) is 11.3 Å². The monoisotopic (exact) mass is 530 g/mol. The Morgan fingerprint density at radius 3 is 2.71 bits per heavy atom. The second kappa shape index (κ2) is 10.1. The molecule has 1 atom stereocenters. The fourth-order valence-electron chi connectivity index (χ4n) is 6.47. The first-order chi connectivity index (χ1) is 18.7. The zero-order valence-electron chi connectivity index (χ0n) is 21.6. The molecule has 2 N–H and O–H groups in total. The van der Waals surface area contributed by atoms with E-state index in [9.17, 15) is 4.79 Å². The third-order valence-corrected chi connectivity index (χ3v) is 9.44. The molecule has 2 fully saturated rings. The van der Waals surface area contributed by atoms with Gasteiger partial charge in [0.25, 0.3) is 0 Å². The molecule has 0 spiro atoms. The SMILES string of the molecule is O=C(N1CC=C(C2Cc3c(Nc4ccc5ncsc5c4)ncnc3N2)CC1)N1CCN(C2CCCC2)CC1. The quantitative estimate of drug-likeness (QED) is 0.481. The number of fused-ring (bicyclic) bond motifs is 2. The highest BCUT2D eigenvalue weighted by Gasteiger charge is 2.33. The molecule has 2 amide bonds. The maximum Gasteiger partial charge on any atom is 0.320 e. The standard InChI is InChI=1S/C28H34N8OS/c37-28(36-13-11-34(12-14-36)21-3-1-2-4-21)35-9-7-19(8-10-35)24-16-22-26(29-17-30-27(22)33-24)32-20-5-6-23-25(15-20)38-18-31-23/h5-7,15,17-18,21,24H,1-4,8-14,16H2,(H2,29,30,32,33).